The Balaban J connectivity index is 3.53. The van der Waals surface area contributed by atoms with E-state index in [9.17, 15) is 9.50 Å². The molecule has 84 valence electrons. The van der Waals surface area contributed by atoms with Gasteiger partial charge < -0.3 is 5.11 Å². The predicted molar refractivity (Wildman–Crippen MR) is 61.0 cm³/mol. The van der Waals surface area contributed by atoms with Crippen molar-refractivity contribution < 1.29 is 9.50 Å². The lowest BCUT2D eigenvalue weighted by molar-refractivity contribution is 0.214. The zero-order valence-electron chi connectivity index (χ0n) is 9.49. The molecule has 0 unspecified atom stereocenters. The highest BCUT2D eigenvalue weighted by atomic mass is 35.5. The summed E-state index contributed by atoms with van der Waals surface area (Å²) >= 11 is 5.80. The molecule has 1 N–H and O–H groups in total. The summed E-state index contributed by atoms with van der Waals surface area (Å²) in [4.78, 5) is 0. The van der Waals surface area contributed by atoms with Crippen molar-refractivity contribution in [2.45, 2.75) is 33.1 Å². The van der Waals surface area contributed by atoms with Crippen LogP contribution in [0.25, 0.3) is 0 Å². The number of aryl methyl sites for hydroxylation is 1. The van der Waals surface area contributed by atoms with Crippen LogP contribution in [0, 0.1) is 19.7 Å². The van der Waals surface area contributed by atoms with E-state index >= 15 is 0 Å². The van der Waals surface area contributed by atoms with Gasteiger partial charge in [-0.25, -0.2) is 4.39 Å². The second-order valence-corrected chi connectivity index (χ2v) is 4.94. The van der Waals surface area contributed by atoms with Crippen LogP contribution in [0.3, 0.4) is 0 Å². The van der Waals surface area contributed by atoms with Crippen molar-refractivity contribution in [1.82, 2.24) is 0 Å². The lowest BCUT2D eigenvalue weighted by Gasteiger charge is -2.26. The molecule has 0 amide bonds. The maximum Gasteiger partial charge on any atom is 0.145 e. The molecule has 1 aromatic rings. The summed E-state index contributed by atoms with van der Waals surface area (Å²) in [5.74, 6) is -0.418. The van der Waals surface area contributed by atoms with Gasteiger partial charge in [0.25, 0.3) is 0 Å². The molecular weight excluding hydrogens is 215 g/mol. The van der Waals surface area contributed by atoms with Crippen molar-refractivity contribution in [2.75, 3.05) is 6.61 Å². The summed E-state index contributed by atoms with van der Waals surface area (Å²) < 4.78 is 13.9. The highest BCUT2D eigenvalue weighted by molar-refractivity contribution is 6.30. The van der Waals surface area contributed by atoms with E-state index in [-0.39, 0.29) is 11.6 Å². The van der Waals surface area contributed by atoms with Gasteiger partial charge in [0.05, 0.1) is 11.6 Å². The maximum atomic E-state index is 13.9. The first-order chi connectivity index (χ1) is 6.81. The standard InChI is InChI=1S/C12H16ClFO/c1-7-5-9(13)11(14)10(8(7)2)12(3,4)6-15/h5,15H,6H2,1-4H3. The van der Waals surface area contributed by atoms with Gasteiger partial charge in [-0.3, -0.25) is 0 Å². The fraction of sp³-hybridized carbons (Fsp3) is 0.500. The fourth-order valence-electron chi connectivity index (χ4n) is 1.73. The minimum Gasteiger partial charge on any atom is -0.395 e. The number of aliphatic hydroxyl groups excluding tert-OH is 1. The molecule has 1 rings (SSSR count). The molecule has 0 saturated carbocycles. The Morgan fingerprint density at radius 2 is 1.93 bits per heavy atom. The quantitative estimate of drug-likeness (QED) is 0.826. The van der Waals surface area contributed by atoms with Crippen LogP contribution in [0.15, 0.2) is 6.07 Å². The molecule has 15 heavy (non-hydrogen) atoms. The molecule has 0 saturated heterocycles. The van der Waals surface area contributed by atoms with Gasteiger partial charge in [-0.05, 0) is 31.0 Å². The van der Waals surface area contributed by atoms with Gasteiger partial charge in [-0.1, -0.05) is 25.4 Å². The molecule has 1 nitrogen and oxygen atoms in total. The lowest BCUT2D eigenvalue weighted by Crippen LogP contribution is -2.25. The largest absolute Gasteiger partial charge is 0.395 e. The van der Waals surface area contributed by atoms with Gasteiger partial charge in [0.15, 0.2) is 0 Å². The third-order valence-electron chi connectivity index (χ3n) is 2.81. The first-order valence-corrected chi connectivity index (χ1v) is 5.25. The van der Waals surface area contributed by atoms with Gasteiger partial charge in [0, 0.05) is 11.0 Å². The SMILES string of the molecule is Cc1cc(Cl)c(F)c(C(C)(C)CO)c1C. The van der Waals surface area contributed by atoms with Crippen molar-refractivity contribution in [2.24, 2.45) is 0 Å². The van der Waals surface area contributed by atoms with Crippen LogP contribution in [0.2, 0.25) is 5.02 Å². The monoisotopic (exact) mass is 230 g/mol. The van der Waals surface area contributed by atoms with Gasteiger partial charge in [0.1, 0.15) is 5.82 Å². The Labute approximate surface area is 94.9 Å². The van der Waals surface area contributed by atoms with E-state index in [0.29, 0.717) is 5.56 Å². The van der Waals surface area contributed by atoms with Crippen molar-refractivity contribution in [3.05, 3.63) is 33.6 Å². The van der Waals surface area contributed by atoms with E-state index < -0.39 is 11.2 Å². The van der Waals surface area contributed by atoms with Crippen LogP contribution in [0.5, 0.6) is 0 Å². The summed E-state index contributed by atoms with van der Waals surface area (Å²) in [6.07, 6.45) is 0. The predicted octanol–water partition coefficient (Wildman–Crippen LogP) is 3.37. The third-order valence-corrected chi connectivity index (χ3v) is 3.09. The molecular formula is C12H16ClFO. The first kappa shape index (κ1) is 12.5. The average molecular weight is 231 g/mol. The lowest BCUT2D eigenvalue weighted by atomic mass is 9.81. The summed E-state index contributed by atoms with van der Waals surface area (Å²) in [5, 5.41) is 9.39. The number of halogens is 2. The van der Waals surface area contributed by atoms with Crippen molar-refractivity contribution in [3.8, 4) is 0 Å². The van der Waals surface area contributed by atoms with Gasteiger partial charge >= 0.3 is 0 Å². The zero-order valence-corrected chi connectivity index (χ0v) is 10.2. The van der Waals surface area contributed by atoms with E-state index in [2.05, 4.69) is 0 Å². The Kier molecular flexibility index (Phi) is 3.41. The smallest absolute Gasteiger partial charge is 0.145 e. The fourth-order valence-corrected chi connectivity index (χ4v) is 1.98. The number of aliphatic hydroxyl groups is 1. The van der Waals surface area contributed by atoms with Crippen molar-refractivity contribution in [1.29, 1.82) is 0 Å². The van der Waals surface area contributed by atoms with Gasteiger partial charge in [0.2, 0.25) is 0 Å². The third kappa shape index (κ3) is 2.16. The van der Waals surface area contributed by atoms with Crippen molar-refractivity contribution in [3.63, 3.8) is 0 Å². The highest BCUT2D eigenvalue weighted by Crippen LogP contribution is 2.33. The molecule has 1 aromatic carbocycles. The van der Waals surface area contributed by atoms with E-state index in [4.69, 9.17) is 11.6 Å². The summed E-state index contributed by atoms with van der Waals surface area (Å²) in [5.41, 5.74) is 1.70. The highest BCUT2D eigenvalue weighted by Gasteiger charge is 2.27. The first-order valence-electron chi connectivity index (χ1n) is 4.88. The zero-order chi connectivity index (χ0) is 11.8. The summed E-state index contributed by atoms with van der Waals surface area (Å²) in [7, 11) is 0. The van der Waals surface area contributed by atoms with E-state index in [0.717, 1.165) is 11.1 Å². The molecule has 0 bridgehead atoms. The minimum atomic E-state index is -0.607. The number of hydrogen-bond acceptors (Lipinski definition) is 1. The molecule has 0 spiro atoms. The van der Waals surface area contributed by atoms with Gasteiger partial charge in [-0.2, -0.15) is 0 Å². The maximum absolute atomic E-state index is 13.9. The van der Waals surface area contributed by atoms with Crippen LogP contribution in [-0.4, -0.2) is 11.7 Å². The second-order valence-electron chi connectivity index (χ2n) is 4.53. The number of rotatable bonds is 2. The van der Waals surface area contributed by atoms with E-state index in [1.165, 1.54) is 0 Å². The molecule has 0 fully saturated rings. The molecule has 0 aromatic heterocycles. The molecule has 0 aliphatic carbocycles. The normalized spacial score (nSPS) is 11.9. The van der Waals surface area contributed by atoms with Crippen LogP contribution in [0.1, 0.15) is 30.5 Å². The summed E-state index contributed by atoms with van der Waals surface area (Å²) in [6, 6.07) is 1.61. The average Bonchev–Trinajstić information content (AvgIpc) is 2.15. The molecule has 0 radical (unpaired) electrons. The Morgan fingerprint density at radius 3 is 2.40 bits per heavy atom. The Morgan fingerprint density at radius 1 is 1.40 bits per heavy atom. The number of hydrogen-bond donors (Lipinski definition) is 1. The van der Waals surface area contributed by atoms with E-state index in [1.807, 2.05) is 13.8 Å². The topological polar surface area (TPSA) is 20.2 Å². The Bertz CT molecular complexity index is 359. The summed E-state index contributed by atoms with van der Waals surface area (Å²) in [6.45, 7) is 7.23. The Hall–Kier alpha value is -0.600. The molecule has 0 heterocycles. The second kappa shape index (κ2) is 4.11. The van der Waals surface area contributed by atoms with Crippen molar-refractivity contribution >= 4 is 11.6 Å². The molecule has 0 atom stereocenters. The van der Waals surface area contributed by atoms with Crippen LogP contribution < -0.4 is 0 Å². The van der Waals surface area contributed by atoms with E-state index in [1.54, 1.807) is 19.9 Å². The van der Waals surface area contributed by atoms with Crippen LogP contribution in [-0.2, 0) is 5.41 Å². The van der Waals surface area contributed by atoms with Crippen LogP contribution in [0.4, 0.5) is 4.39 Å². The number of benzene rings is 1. The molecule has 0 aliphatic rings. The molecule has 3 heteroatoms. The van der Waals surface area contributed by atoms with Gasteiger partial charge in [-0.15, -0.1) is 0 Å². The minimum absolute atomic E-state index is 0.107. The van der Waals surface area contributed by atoms with Crippen LogP contribution >= 0.6 is 11.6 Å². The molecule has 0 aliphatic heterocycles.